The van der Waals surface area contributed by atoms with E-state index in [0.717, 1.165) is 21.8 Å². The van der Waals surface area contributed by atoms with E-state index in [9.17, 15) is 9.59 Å². The van der Waals surface area contributed by atoms with Crippen LogP contribution in [0.2, 0.25) is 0 Å². The molecule has 0 fully saturated rings. The summed E-state index contributed by atoms with van der Waals surface area (Å²) in [7, 11) is 0. The second-order valence-corrected chi connectivity index (χ2v) is 8.82. The number of amides is 2. The first-order valence-corrected chi connectivity index (χ1v) is 10.8. The van der Waals surface area contributed by atoms with E-state index in [-0.39, 0.29) is 17.1 Å². The molecule has 1 atom stereocenters. The zero-order valence-corrected chi connectivity index (χ0v) is 18.0. The molecule has 1 aliphatic heterocycles. The Bertz CT molecular complexity index is 1110. The molecule has 2 amide bonds. The summed E-state index contributed by atoms with van der Waals surface area (Å²) in [5.74, 6) is -0.215. The number of thioether (sulfide) groups is 1. The molecule has 0 unspecified atom stereocenters. The predicted octanol–water partition coefficient (Wildman–Crippen LogP) is 3.91. The monoisotopic (exact) mass is 420 g/mol. The third-order valence-corrected chi connectivity index (χ3v) is 6.48. The van der Waals surface area contributed by atoms with Gasteiger partial charge in [-0.1, -0.05) is 30.3 Å². The molecule has 1 aliphatic rings. The van der Waals surface area contributed by atoms with Crippen molar-refractivity contribution in [2.24, 2.45) is 0 Å². The van der Waals surface area contributed by atoms with E-state index in [1.54, 1.807) is 12.1 Å². The normalized spacial score (nSPS) is 15.4. The molecule has 3 aromatic rings. The topological polar surface area (TPSA) is 76.0 Å². The second kappa shape index (κ2) is 8.36. The highest BCUT2D eigenvalue weighted by molar-refractivity contribution is 8.00. The number of fused-ring (bicyclic) bond motifs is 1. The Morgan fingerprint density at radius 3 is 2.73 bits per heavy atom. The number of hydrogen-bond donors (Lipinski definition) is 2. The largest absolute Gasteiger partial charge is 0.348 e. The number of aromatic nitrogens is 2. The van der Waals surface area contributed by atoms with Gasteiger partial charge in [-0.25, -0.2) is 0 Å². The number of aryl methyl sites for hydroxylation is 1. The van der Waals surface area contributed by atoms with Crippen LogP contribution >= 0.6 is 11.8 Å². The summed E-state index contributed by atoms with van der Waals surface area (Å²) >= 11 is 1.50. The van der Waals surface area contributed by atoms with Gasteiger partial charge >= 0.3 is 0 Å². The summed E-state index contributed by atoms with van der Waals surface area (Å²) < 4.78 is 1.97. The fourth-order valence-electron chi connectivity index (χ4n) is 3.52. The van der Waals surface area contributed by atoms with Gasteiger partial charge in [-0.2, -0.15) is 5.10 Å². The minimum Gasteiger partial charge on any atom is -0.348 e. The number of rotatable bonds is 5. The molecular formula is C23H24N4O2S. The van der Waals surface area contributed by atoms with Crippen molar-refractivity contribution in [1.82, 2.24) is 15.1 Å². The molecule has 6 nitrogen and oxygen atoms in total. The standard InChI is InChI=1S/C23H24N4O2S/c1-14-19(15(2)27(26-14)13-17-7-5-4-6-8-17)12-24-23(29)18-9-10-21-20(11-18)25-22(28)16(3)30-21/h4-11,16H,12-13H2,1-3H3,(H,24,29)(H,25,28)/t16-/m0/s1. The first kappa shape index (κ1) is 20.2. The van der Waals surface area contributed by atoms with Crippen LogP contribution in [0.15, 0.2) is 53.4 Å². The summed E-state index contributed by atoms with van der Waals surface area (Å²) in [4.78, 5) is 25.6. The molecule has 2 N–H and O–H groups in total. The maximum Gasteiger partial charge on any atom is 0.251 e. The molecular weight excluding hydrogens is 396 g/mol. The van der Waals surface area contributed by atoms with Crippen molar-refractivity contribution in [3.05, 3.63) is 76.6 Å². The van der Waals surface area contributed by atoms with Gasteiger partial charge < -0.3 is 10.6 Å². The third kappa shape index (κ3) is 4.11. The van der Waals surface area contributed by atoms with E-state index in [2.05, 4.69) is 27.9 Å². The van der Waals surface area contributed by atoms with Gasteiger partial charge in [-0.05, 0) is 44.5 Å². The lowest BCUT2D eigenvalue weighted by atomic mass is 10.1. The highest BCUT2D eigenvalue weighted by atomic mass is 32.2. The van der Waals surface area contributed by atoms with E-state index in [1.807, 2.05) is 49.7 Å². The van der Waals surface area contributed by atoms with Crippen LogP contribution in [0.25, 0.3) is 0 Å². The van der Waals surface area contributed by atoms with Crippen LogP contribution in [-0.4, -0.2) is 26.8 Å². The number of hydrogen-bond acceptors (Lipinski definition) is 4. The molecule has 0 spiro atoms. The number of nitrogens with one attached hydrogen (secondary N) is 2. The smallest absolute Gasteiger partial charge is 0.251 e. The number of carbonyl (C=O) groups excluding carboxylic acids is 2. The number of nitrogens with zero attached hydrogens (tertiary/aromatic N) is 2. The highest BCUT2D eigenvalue weighted by Gasteiger charge is 2.24. The Morgan fingerprint density at radius 1 is 1.20 bits per heavy atom. The Balaban J connectivity index is 1.46. The zero-order chi connectivity index (χ0) is 21.3. The van der Waals surface area contributed by atoms with Crippen molar-refractivity contribution >= 4 is 29.3 Å². The molecule has 1 aromatic heterocycles. The Kier molecular flexibility index (Phi) is 5.63. The number of benzene rings is 2. The average molecular weight is 421 g/mol. The lowest BCUT2D eigenvalue weighted by Gasteiger charge is -2.21. The maximum absolute atomic E-state index is 12.7. The fraction of sp³-hybridized carbons (Fsp3) is 0.261. The van der Waals surface area contributed by atoms with Crippen LogP contribution in [0, 0.1) is 13.8 Å². The first-order chi connectivity index (χ1) is 14.4. The third-order valence-electron chi connectivity index (χ3n) is 5.30. The van der Waals surface area contributed by atoms with E-state index in [1.165, 1.54) is 17.3 Å². The lowest BCUT2D eigenvalue weighted by molar-refractivity contribution is -0.115. The molecule has 2 aromatic carbocycles. The summed E-state index contributed by atoms with van der Waals surface area (Å²) in [5, 5.41) is 10.4. The van der Waals surface area contributed by atoms with Crippen LogP contribution in [0.5, 0.6) is 0 Å². The van der Waals surface area contributed by atoms with Gasteiger partial charge in [-0.15, -0.1) is 11.8 Å². The van der Waals surface area contributed by atoms with Crippen molar-refractivity contribution in [1.29, 1.82) is 0 Å². The van der Waals surface area contributed by atoms with Crippen LogP contribution < -0.4 is 10.6 Å². The Morgan fingerprint density at radius 2 is 1.97 bits per heavy atom. The molecule has 0 radical (unpaired) electrons. The molecule has 4 rings (SSSR count). The summed E-state index contributed by atoms with van der Waals surface area (Å²) in [6.07, 6.45) is 0. The van der Waals surface area contributed by atoms with Crippen LogP contribution in [-0.2, 0) is 17.9 Å². The zero-order valence-electron chi connectivity index (χ0n) is 17.2. The molecule has 0 aliphatic carbocycles. The minimum atomic E-state index is -0.176. The minimum absolute atomic E-state index is 0.0397. The van der Waals surface area contributed by atoms with Gasteiger partial charge in [0, 0.05) is 28.3 Å². The number of anilines is 1. The van der Waals surface area contributed by atoms with Crippen LogP contribution in [0.4, 0.5) is 5.69 Å². The predicted molar refractivity (Wildman–Crippen MR) is 119 cm³/mol. The van der Waals surface area contributed by atoms with Crippen LogP contribution in [0.3, 0.4) is 0 Å². The van der Waals surface area contributed by atoms with Crippen molar-refractivity contribution in [3.8, 4) is 0 Å². The fourth-order valence-corrected chi connectivity index (χ4v) is 4.45. The van der Waals surface area contributed by atoms with Gasteiger partial charge in [0.15, 0.2) is 0 Å². The summed E-state index contributed by atoms with van der Waals surface area (Å²) in [5.41, 5.74) is 5.37. The van der Waals surface area contributed by atoms with Crippen molar-refractivity contribution in [2.45, 2.75) is 44.0 Å². The molecule has 2 heterocycles. The van der Waals surface area contributed by atoms with E-state index in [0.29, 0.717) is 24.3 Å². The van der Waals surface area contributed by atoms with Gasteiger partial charge in [0.05, 0.1) is 23.2 Å². The number of carbonyl (C=O) groups is 2. The SMILES string of the molecule is Cc1nn(Cc2ccccc2)c(C)c1CNC(=O)c1ccc2c(c1)NC(=O)[C@H](C)S2. The quantitative estimate of drug-likeness (QED) is 0.656. The highest BCUT2D eigenvalue weighted by Crippen LogP contribution is 2.35. The first-order valence-electron chi connectivity index (χ1n) is 9.89. The van der Waals surface area contributed by atoms with E-state index < -0.39 is 0 Å². The molecule has 7 heteroatoms. The van der Waals surface area contributed by atoms with Crippen molar-refractivity contribution in [3.63, 3.8) is 0 Å². The van der Waals surface area contributed by atoms with E-state index in [4.69, 9.17) is 0 Å². The average Bonchev–Trinajstić information content (AvgIpc) is 3.00. The molecule has 0 bridgehead atoms. The van der Waals surface area contributed by atoms with Gasteiger partial charge in [0.25, 0.3) is 5.91 Å². The Hall–Kier alpha value is -3.06. The summed E-state index contributed by atoms with van der Waals surface area (Å²) in [6.45, 7) is 6.95. The molecule has 30 heavy (non-hydrogen) atoms. The van der Waals surface area contributed by atoms with Gasteiger partial charge in [-0.3, -0.25) is 14.3 Å². The second-order valence-electron chi connectivity index (χ2n) is 7.44. The van der Waals surface area contributed by atoms with E-state index >= 15 is 0 Å². The van der Waals surface area contributed by atoms with Crippen molar-refractivity contribution < 1.29 is 9.59 Å². The Labute approximate surface area is 180 Å². The van der Waals surface area contributed by atoms with Crippen LogP contribution in [0.1, 0.15) is 39.8 Å². The molecule has 0 saturated heterocycles. The summed E-state index contributed by atoms with van der Waals surface area (Å²) in [6, 6.07) is 15.6. The van der Waals surface area contributed by atoms with Gasteiger partial charge in [0.1, 0.15) is 0 Å². The maximum atomic E-state index is 12.7. The molecule has 0 saturated carbocycles. The van der Waals surface area contributed by atoms with Gasteiger partial charge in [0.2, 0.25) is 5.91 Å². The molecule has 154 valence electrons. The van der Waals surface area contributed by atoms with Crippen molar-refractivity contribution in [2.75, 3.05) is 5.32 Å². The lowest BCUT2D eigenvalue weighted by Crippen LogP contribution is -2.27.